The summed E-state index contributed by atoms with van der Waals surface area (Å²) in [5, 5.41) is 4.08. The van der Waals surface area contributed by atoms with Gasteiger partial charge in [0.2, 0.25) is 5.91 Å². The SMILES string of the molecule is CCN(C(=O)C1CN(c2cc(-n3cncn3)ncn2)C1)c1ccccc1. The molecule has 1 aliphatic rings. The highest BCUT2D eigenvalue weighted by Gasteiger charge is 2.36. The minimum Gasteiger partial charge on any atom is -0.355 e. The van der Waals surface area contributed by atoms with E-state index in [9.17, 15) is 4.79 Å². The number of hydrogen-bond acceptors (Lipinski definition) is 6. The zero-order valence-corrected chi connectivity index (χ0v) is 14.4. The number of benzene rings is 1. The predicted octanol–water partition coefficient (Wildman–Crippen LogP) is 1.55. The lowest BCUT2D eigenvalue weighted by molar-refractivity contribution is -0.123. The highest BCUT2D eigenvalue weighted by atomic mass is 16.2. The second-order valence-corrected chi connectivity index (χ2v) is 6.09. The Morgan fingerprint density at radius 1 is 1.15 bits per heavy atom. The molecule has 132 valence electrons. The average molecular weight is 349 g/mol. The molecule has 0 radical (unpaired) electrons. The fourth-order valence-corrected chi connectivity index (χ4v) is 3.08. The van der Waals surface area contributed by atoms with Crippen molar-refractivity contribution in [2.24, 2.45) is 5.92 Å². The molecule has 26 heavy (non-hydrogen) atoms. The van der Waals surface area contributed by atoms with Crippen LogP contribution in [-0.4, -0.2) is 50.3 Å². The van der Waals surface area contributed by atoms with Gasteiger partial charge in [-0.1, -0.05) is 18.2 Å². The molecule has 1 fully saturated rings. The zero-order chi connectivity index (χ0) is 17.9. The summed E-state index contributed by atoms with van der Waals surface area (Å²) >= 11 is 0. The van der Waals surface area contributed by atoms with E-state index >= 15 is 0 Å². The molecule has 3 heterocycles. The Kier molecular flexibility index (Phi) is 4.30. The molecule has 1 amide bonds. The summed E-state index contributed by atoms with van der Waals surface area (Å²) in [4.78, 5) is 29.2. The molecular formula is C18H19N7O. The minimum absolute atomic E-state index is 0.0278. The summed E-state index contributed by atoms with van der Waals surface area (Å²) in [7, 11) is 0. The van der Waals surface area contributed by atoms with Crippen LogP contribution in [0.15, 0.2) is 55.4 Å². The van der Waals surface area contributed by atoms with Crippen LogP contribution in [-0.2, 0) is 4.79 Å². The van der Waals surface area contributed by atoms with Crippen LogP contribution in [0.3, 0.4) is 0 Å². The van der Waals surface area contributed by atoms with Gasteiger partial charge in [-0.2, -0.15) is 5.10 Å². The summed E-state index contributed by atoms with van der Waals surface area (Å²) in [6, 6.07) is 11.6. The molecule has 0 atom stereocenters. The van der Waals surface area contributed by atoms with Crippen LogP contribution in [0.4, 0.5) is 11.5 Å². The van der Waals surface area contributed by atoms with E-state index in [4.69, 9.17) is 0 Å². The summed E-state index contributed by atoms with van der Waals surface area (Å²) in [5.74, 6) is 1.57. The van der Waals surface area contributed by atoms with E-state index < -0.39 is 0 Å². The maximum Gasteiger partial charge on any atom is 0.233 e. The Morgan fingerprint density at radius 2 is 1.92 bits per heavy atom. The van der Waals surface area contributed by atoms with Gasteiger partial charge in [-0.3, -0.25) is 4.79 Å². The van der Waals surface area contributed by atoms with Crippen LogP contribution in [0, 0.1) is 5.92 Å². The summed E-state index contributed by atoms with van der Waals surface area (Å²) in [6.07, 6.45) is 4.56. The van der Waals surface area contributed by atoms with E-state index in [1.807, 2.05) is 48.2 Å². The molecule has 1 saturated heterocycles. The Bertz CT molecular complexity index is 876. The first-order valence-corrected chi connectivity index (χ1v) is 8.54. The van der Waals surface area contributed by atoms with E-state index in [2.05, 4.69) is 25.0 Å². The smallest absolute Gasteiger partial charge is 0.233 e. The van der Waals surface area contributed by atoms with E-state index in [0.29, 0.717) is 25.5 Å². The van der Waals surface area contributed by atoms with Crippen molar-refractivity contribution in [3.8, 4) is 5.82 Å². The molecule has 0 saturated carbocycles. The topological polar surface area (TPSA) is 80.0 Å². The molecule has 0 N–H and O–H groups in total. The molecule has 8 nitrogen and oxygen atoms in total. The summed E-state index contributed by atoms with van der Waals surface area (Å²) < 4.78 is 1.59. The van der Waals surface area contributed by atoms with Crippen molar-refractivity contribution in [1.82, 2.24) is 24.7 Å². The molecule has 1 aromatic carbocycles. The molecule has 0 spiro atoms. The molecule has 0 unspecified atom stereocenters. The average Bonchev–Trinajstić information content (AvgIpc) is 3.17. The number of anilines is 2. The van der Waals surface area contributed by atoms with Gasteiger partial charge in [-0.25, -0.2) is 19.6 Å². The van der Waals surface area contributed by atoms with E-state index in [1.54, 1.807) is 11.0 Å². The van der Waals surface area contributed by atoms with Crippen LogP contribution in [0.5, 0.6) is 0 Å². The highest BCUT2D eigenvalue weighted by molar-refractivity contribution is 5.96. The third-order valence-corrected chi connectivity index (χ3v) is 4.50. The van der Waals surface area contributed by atoms with Crippen LogP contribution >= 0.6 is 0 Å². The van der Waals surface area contributed by atoms with Crippen LogP contribution in [0.1, 0.15) is 6.92 Å². The molecule has 0 aliphatic carbocycles. The highest BCUT2D eigenvalue weighted by Crippen LogP contribution is 2.26. The number of nitrogens with zero attached hydrogens (tertiary/aromatic N) is 7. The van der Waals surface area contributed by atoms with Gasteiger partial charge in [0.25, 0.3) is 0 Å². The fraction of sp³-hybridized carbons (Fsp3) is 0.278. The number of rotatable bonds is 5. The van der Waals surface area contributed by atoms with Crippen molar-refractivity contribution in [2.45, 2.75) is 6.92 Å². The van der Waals surface area contributed by atoms with Crippen molar-refractivity contribution in [1.29, 1.82) is 0 Å². The van der Waals surface area contributed by atoms with Gasteiger partial charge in [0.05, 0.1) is 5.92 Å². The quantitative estimate of drug-likeness (QED) is 0.695. The van der Waals surface area contributed by atoms with Crippen LogP contribution < -0.4 is 9.80 Å². The van der Waals surface area contributed by atoms with Gasteiger partial charge < -0.3 is 9.80 Å². The maximum absolute atomic E-state index is 12.8. The first kappa shape index (κ1) is 16.2. The van der Waals surface area contributed by atoms with E-state index in [1.165, 1.54) is 12.7 Å². The van der Waals surface area contributed by atoms with E-state index in [0.717, 1.165) is 11.5 Å². The molecular weight excluding hydrogens is 330 g/mol. The third kappa shape index (κ3) is 3.01. The monoisotopic (exact) mass is 349 g/mol. The number of carbonyl (C=O) groups is 1. The summed E-state index contributed by atoms with van der Waals surface area (Å²) in [6.45, 7) is 3.95. The molecule has 2 aromatic heterocycles. The first-order valence-electron chi connectivity index (χ1n) is 8.54. The van der Waals surface area contributed by atoms with Crippen molar-refractivity contribution < 1.29 is 4.79 Å². The lowest BCUT2D eigenvalue weighted by Crippen LogP contribution is -2.55. The number of aromatic nitrogens is 5. The van der Waals surface area contributed by atoms with Crippen molar-refractivity contribution >= 4 is 17.4 Å². The van der Waals surface area contributed by atoms with Crippen molar-refractivity contribution in [3.05, 3.63) is 55.4 Å². The molecule has 4 rings (SSSR count). The number of para-hydroxylation sites is 1. The minimum atomic E-state index is -0.0278. The van der Waals surface area contributed by atoms with Gasteiger partial charge in [0, 0.05) is 31.4 Å². The van der Waals surface area contributed by atoms with Crippen molar-refractivity contribution in [2.75, 3.05) is 29.4 Å². The number of carbonyl (C=O) groups excluding carboxylic acids is 1. The number of hydrogen-bond donors (Lipinski definition) is 0. The van der Waals surface area contributed by atoms with Crippen LogP contribution in [0.2, 0.25) is 0 Å². The summed E-state index contributed by atoms with van der Waals surface area (Å²) in [5.41, 5.74) is 0.939. The second kappa shape index (κ2) is 6.91. The maximum atomic E-state index is 12.8. The second-order valence-electron chi connectivity index (χ2n) is 6.09. The van der Waals surface area contributed by atoms with Crippen molar-refractivity contribution in [3.63, 3.8) is 0 Å². The third-order valence-electron chi connectivity index (χ3n) is 4.50. The lowest BCUT2D eigenvalue weighted by Gasteiger charge is -2.41. The fourth-order valence-electron chi connectivity index (χ4n) is 3.08. The Balaban J connectivity index is 1.44. The molecule has 0 bridgehead atoms. The zero-order valence-electron chi connectivity index (χ0n) is 14.4. The Labute approximate surface area is 151 Å². The van der Waals surface area contributed by atoms with E-state index in [-0.39, 0.29) is 11.8 Å². The van der Waals surface area contributed by atoms with Crippen LogP contribution in [0.25, 0.3) is 5.82 Å². The lowest BCUT2D eigenvalue weighted by atomic mass is 9.98. The van der Waals surface area contributed by atoms with Gasteiger partial charge in [-0.05, 0) is 19.1 Å². The Morgan fingerprint density at radius 3 is 2.62 bits per heavy atom. The Hall–Kier alpha value is -3.29. The molecule has 3 aromatic rings. The van der Waals surface area contributed by atoms with Gasteiger partial charge in [0.1, 0.15) is 24.8 Å². The van der Waals surface area contributed by atoms with Gasteiger partial charge in [0.15, 0.2) is 5.82 Å². The van der Waals surface area contributed by atoms with Gasteiger partial charge >= 0.3 is 0 Å². The predicted molar refractivity (Wildman–Crippen MR) is 97.1 cm³/mol. The standard InChI is InChI=1S/C18H19N7O/c1-2-24(15-6-4-3-5-7-15)18(26)14-9-23(10-14)16-8-17(21-12-20-16)25-13-19-11-22-25/h3-8,11-14H,2,9-10H2,1H3. The molecule has 8 heteroatoms. The first-order chi connectivity index (χ1) is 12.8. The largest absolute Gasteiger partial charge is 0.355 e. The normalized spacial score (nSPS) is 14.1. The molecule has 1 aliphatic heterocycles. The number of amides is 1. The van der Waals surface area contributed by atoms with Gasteiger partial charge in [-0.15, -0.1) is 0 Å².